The van der Waals surface area contributed by atoms with Gasteiger partial charge in [0.15, 0.2) is 11.5 Å². The number of aromatic nitrogens is 3. The number of hydrogen-bond acceptors (Lipinski definition) is 8. The number of hydrogen-bond donors (Lipinski definition) is 0. The van der Waals surface area contributed by atoms with Gasteiger partial charge in [-0.3, -0.25) is 9.19 Å². The van der Waals surface area contributed by atoms with Crippen molar-refractivity contribution in [1.82, 2.24) is 13.9 Å². The number of rotatable bonds is 9. The summed E-state index contributed by atoms with van der Waals surface area (Å²) in [6.07, 6.45) is 1.43. The van der Waals surface area contributed by atoms with Crippen LogP contribution >= 0.6 is 15.9 Å². The standard InChI is InChI=1S/C22H18BrF2N3O6S2/c1-32-19-9-10-26-17(20(19)33-2)12-35(29)22-27-16-8-5-14(34-21(24)25)11-18(16)28(22)36(30,31)15-6-3-13(23)4-7-15/h3-11,21H,12H2,1-2H3. The van der Waals surface area contributed by atoms with Crippen LogP contribution in [-0.2, 0) is 26.6 Å². The zero-order valence-electron chi connectivity index (χ0n) is 18.7. The van der Waals surface area contributed by atoms with Gasteiger partial charge < -0.3 is 14.2 Å². The summed E-state index contributed by atoms with van der Waals surface area (Å²) in [4.78, 5) is 8.33. The highest BCUT2D eigenvalue weighted by Crippen LogP contribution is 2.33. The van der Waals surface area contributed by atoms with E-state index in [0.29, 0.717) is 10.2 Å². The van der Waals surface area contributed by atoms with Gasteiger partial charge >= 0.3 is 6.61 Å². The van der Waals surface area contributed by atoms with E-state index in [1.807, 2.05) is 0 Å². The molecule has 0 bridgehead atoms. The molecule has 1 atom stereocenters. The second-order valence-corrected chi connectivity index (χ2v) is 11.2. The minimum atomic E-state index is -4.36. The van der Waals surface area contributed by atoms with Crippen LogP contribution in [0.2, 0.25) is 0 Å². The molecule has 190 valence electrons. The number of benzene rings is 2. The van der Waals surface area contributed by atoms with Crippen LogP contribution in [0.1, 0.15) is 5.69 Å². The Hall–Kier alpha value is -3.10. The lowest BCUT2D eigenvalue weighted by Crippen LogP contribution is -2.18. The highest BCUT2D eigenvalue weighted by molar-refractivity contribution is 9.10. The summed E-state index contributed by atoms with van der Waals surface area (Å²) in [5.74, 6) is 0.0433. The molecule has 14 heteroatoms. The first-order valence-corrected chi connectivity index (χ1v) is 13.6. The maximum absolute atomic E-state index is 13.7. The molecule has 0 saturated carbocycles. The summed E-state index contributed by atoms with van der Waals surface area (Å²) in [7, 11) is -3.60. The second-order valence-electron chi connectivity index (χ2n) is 7.13. The molecule has 0 N–H and O–H groups in total. The van der Waals surface area contributed by atoms with Crippen LogP contribution in [0.25, 0.3) is 11.0 Å². The Morgan fingerprint density at radius 3 is 2.44 bits per heavy atom. The van der Waals surface area contributed by atoms with Crippen molar-refractivity contribution in [2.75, 3.05) is 14.2 Å². The first kappa shape index (κ1) is 26.0. The number of alkyl halides is 2. The highest BCUT2D eigenvalue weighted by atomic mass is 79.9. The summed E-state index contributed by atoms with van der Waals surface area (Å²) in [6.45, 7) is -3.12. The van der Waals surface area contributed by atoms with Gasteiger partial charge in [-0.15, -0.1) is 0 Å². The van der Waals surface area contributed by atoms with Gasteiger partial charge in [0.1, 0.15) is 5.75 Å². The minimum Gasteiger partial charge on any atom is -0.493 e. The number of imidazole rings is 1. The average molecular weight is 602 g/mol. The van der Waals surface area contributed by atoms with Gasteiger partial charge in [-0.2, -0.15) is 8.78 Å². The monoisotopic (exact) mass is 601 g/mol. The number of nitrogens with zero attached hydrogens (tertiary/aromatic N) is 3. The van der Waals surface area contributed by atoms with Gasteiger partial charge in [-0.1, -0.05) is 15.9 Å². The maximum Gasteiger partial charge on any atom is 0.387 e. The smallest absolute Gasteiger partial charge is 0.387 e. The third kappa shape index (κ3) is 5.06. The molecular weight excluding hydrogens is 584 g/mol. The minimum absolute atomic E-state index is 0.0787. The van der Waals surface area contributed by atoms with Gasteiger partial charge in [0.05, 0.1) is 52.4 Å². The number of ether oxygens (including phenoxy) is 3. The van der Waals surface area contributed by atoms with Crippen LogP contribution in [0.3, 0.4) is 0 Å². The molecule has 2 aromatic heterocycles. The quantitative estimate of drug-likeness (QED) is 0.278. The van der Waals surface area contributed by atoms with Gasteiger partial charge in [-0.25, -0.2) is 17.4 Å². The molecule has 0 spiro atoms. The lowest BCUT2D eigenvalue weighted by Gasteiger charge is -2.13. The van der Waals surface area contributed by atoms with Crippen LogP contribution in [0.15, 0.2) is 69.3 Å². The Morgan fingerprint density at radius 2 is 1.81 bits per heavy atom. The van der Waals surface area contributed by atoms with Gasteiger partial charge in [0.25, 0.3) is 10.0 Å². The second kappa shape index (κ2) is 10.5. The molecule has 0 saturated heterocycles. The van der Waals surface area contributed by atoms with E-state index < -0.39 is 27.4 Å². The van der Waals surface area contributed by atoms with Crippen molar-refractivity contribution >= 4 is 47.8 Å². The fraction of sp³-hybridized carbons (Fsp3) is 0.182. The van der Waals surface area contributed by atoms with Crippen LogP contribution in [0.4, 0.5) is 8.78 Å². The number of pyridine rings is 1. The Bertz CT molecular complexity index is 1550. The van der Waals surface area contributed by atoms with E-state index in [4.69, 9.17) is 9.47 Å². The average Bonchev–Trinajstić information content (AvgIpc) is 3.23. The Kier molecular flexibility index (Phi) is 7.57. The summed E-state index contributed by atoms with van der Waals surface area (Å²) in [6, 6.07) is 11.0. The molecule has 1 unspecified atom stereocenters. The van der Waals surface area contributed by atoms with Crippen molar-refractivity contribution in [3.05, 3.63) is 64.9 Å². The normalized spacial score (nSPS) is 12.6. The topological polar surface area (TPSA) is 110 Å². The summed E-state index contributed by atoms with van der Waals surface area (Å²) in [5, 5.41) is -0.325. The summed E-state index contributed by atoms with van der Waals surface area (Å²) >= 11 is 3.25. The molecule has 0 radical (unpaired) electrons. The van der Waals surface area contributed by atoms with Gasteiger partial charge in [-0.05, 0) is 36.4 Å². The molecule has 2 aromatic carbocycles. The first-order valence-electron chi connectivity index (χ1n) is 10.1. The predicted octanol–water partition coefficient (Wildman–Crippen LogP) is 4.36. The lowest BCUT2D eigenvalue weighted by molar-refractivity contribution is -0.0497. The summed E-state index contributed by atoms with van der Waals surface area (Å²) in [5.41, 5.74) is 0.285. The number of methoxy groups -OCH3 is 2. The number of fused-ring (bicyclic) bond motifs is 1. The molecule has 4 rings (SSSR count). The van der Waals surface area contributed by atoms with E-state index in [1.54, 1.807) is 6.07 Å². The summed E-state index contributed by atoms with van der Waals surface area (Å²) < 4.78 is 83.0. The fourth-order valence-corrected chi connectivity index (χ4v) is 6.64. The van der Waals surface area contributed by atoms with Crippen molar-refractivity contribution in [1.29, 1.82) is 0 Å². The van der Waals surface area contributed by atoms with Crippen LogP contribution in [-0.4, -0.2) is 47.4 Å². The van der Waals surface area contributed by atoms with E-state index >= 15 is 0 Å². The number of halogens is 3. The molecule has 9 nitrogen and oxygen atoms in total. The van der Waals surface area contributed by atoms with Crippen molar-refractivity contribution < 1.29 is 35.6 Å². The van der Waals surface area contributed by atoms with E-state index in [1.165, 1.54) is 56.8 Å². The molecule has 0 aliphatic carbocycles. The van der Waals surface area contributed by atoms with Crippen molar-refractivity contribution in [3.8, 4) is 17.2 Å². The molecule has 0 amide bonds. The molecule has 36 heavy (non-hydrogen) atoms. The maximum atomic E-state index is 13.7. The predicted molar refractivity (Wildman–Crippen MR) is 131 cm³/mol. The first-order chi connectivity index (χ1) is 17.1. The third-order valence-electron chi connectivity index (χ3n) is 4.97. The van der Waals surface area contributed by atoms with Crippen LogP contribution < -0.4 is 14.2 Å². The zero-order chi connectivity index (χ0) is 26.0. The molecule has 0 aliphatic heterocycles. The molecule has 4 aromatic rings. The zero-order valence-corrected chi connectivity index (χ0v) is 21.9. The van der Waals surface area contributed by atoms with E-state index in [0.717, 1.165) is 10.0 Å². The molecule has 0 fully saturated rings. The molecule has 2 heterocycles. The van der Waals surface area contributed by atoms with E-state index in [2.05, 4.69) is 30.6 Å². The Morgan fingerprint density at radius 1 is 1.08 bits per heavy atom. The fourth-order valence-electron chi connectivity index (χ4n) is 3.42. The van der Waals surface area contributed by atoms with E-state index in [-0.39, 0.29) is 44.0 Å². The third-order valence-corrected chi connectivity index (χ3v) is 8.55. The van der Waals surface area contributed by atoms with Crippen LogP contribution in [0, 0.1) is 0 Å². The molecular formula is C22H18BrF2N3O6S2. The van der Waals surface area contributed by atoms with Crippen molar-refractivity contribution in [3.63, 3.8) is 0 Å². The van der Waals surface area contributed by atoms with Crippen molar-refractivity contribution in [2.45, 2.75) is 22.4 Å². The van der Waals surface area contributed by atoms with Gasteiger partial charge in [0.2, 0.25) is 5.16 Å². The highest BCUT2D eigenvalue weighted by Gasteiger charge is 2.29. The van der Waals surface area contributed by atoms with Crippen molar-refractivity contribution in [2.24, 2.45) is 0 Å². The SMILES string of the molecule is COc1ccnc(CS(=O)c2nc3ccc(OC(F)F)cc3n2S(=O)(=O)c2ccc(Br)cc2)c1OC. The van der Waals surface area contributed by atoms with Gasteiger partial charge in [0, 0.05) is 22.8 Å². The lowest BCUT2D eigenvalue weighted by atomic mass is 10.3. The van der Waals surface area contributed by atoms with E-state index in [9.17, 15) is 21.4 Å². The molecule has 0 aliphatic rings. The Balaban J connectivity index is 1.90. The van der Waals surface area contributed by atoms with Crippen LogP contribution in [0.5, 0.6) is 17.2 Å². The largest absolute Gasteiger partial charge is 0.493 e. The Labute approximate surface area is 215 Å².